The van der Waals surface area contributed by atoms with Gasteiger partial charge in [0.05, 0.1) is 0 Å². The van der Waals surface area contributed by atoms with Gasteiger partial charge in [0.25, 0.3) is 0 Å². The van der Waals surface area contributed by atoms with Gasteiger partial charge < -0.3 is 15.7 Å². The van der Waals surface area contributed by atoms with Crippen molar-refractivity contribution in [2.24, 2.45) is 5.92 Å². The Labute approximate surface area is 116 Å². The van der Waals surface area contributed by atoms with Crippen molar-refractivity contribution < 1.29 is 14.7 Å². The smallest absolute Gasteiger partial charge is 0.315 e. The molecule has 5 nitrogen and oxygen atoms in total. The maximum Gasteiger partial charge on any atom is 0.315 e. The number of nitrogens with one attached hydrogen (secondary N) is 2. The highest BCUT2D eigenvalue weighted by atomic mass is 16.4. The fourth-order valence-electron chi connectivity index (χ4n) is 1.71. The van der Waals surface area contributed by atoms with Crippen LogP contribution in [-0.2, 0) is 4.79 Å². The minimum absolute atomic E-state index is 0.153. The summed E-state index contributed by atoms with van der Waals surface area (Å²) in [6.07, 6.45) is 3.51. The molecule has 0 aromatic rings. The number of carbonyl (C=O) groups is 2. The van der Waals surface area contributed by atoms with E-state index in [0.717, 1.165) is 19.3 Å². The van der Waals surface area contributed by atoms with Crippen molar-refractivity contribution in [3.63, 3.8) is 0 Å². The van der Waals surface area contributed by atoms with Crippen LogP contribution in [0.25, 0.3) is 0 Å². The van der Waals surface area contributed by atoms with E-state index < -0.39 is 5.97 Å². The Morgan fingerprint density at radius 1 is 1.21 bits per heavy atom. The second-order valence-corrected chi connectivity index (χ2v) is 5.61. The van der Waals surface area contributed by atoms with Crippen molar-refractivity contribution in [3.8, 4) is 0 Å². The summed E-state index contributed by atoms with van der Waals surface area (Å²) in [4.78, 5) is 22.1. The van der Waals surface area contributed by atoms with Crippen LogP contribution < -0.4 is 10.6 Å². The van der Waals surface area contributed by atoms with Gasteiger partial charge in [0.1, 0.15) is 0 Å². The molecule has 0 bridgehead atoms. The average molecular weight is 272 g/mol. The quantitative estimate of drug-likeness (QED) is 0.604. The van der Waals surface area contributed by atoms with E-state index in [0.29, 0.717) is 18.9 Å². The van der Waals surface area contributed by atoms with Crippen LogP contribution in [0.2, 0.25) is 0 Å². The van der Waals surface area contributed by atoms with Crippen molar-refractivity contribution in [2.75, 3.05) is 6.54 Å². The molecule has 1 atom stereocenters. The van der Waals surface area contributed by atoms with Crippen molar-refractivity contribution in [2.45, 2.75) is 65.3 Å². The number of hydrogen-bond acceptors (Lipinski definition) is 2. The lowest BCUT2D eigenvalue weighted by Crippen LogP contribution is -2.48. The molecule has 112 valence electrons. The van der Waals surface area contributed by atoms with E-state index in [4.69, 9.17) is 5.11 Å². The summed E-state index contributed by atoms with van der Waals surface area (Å²) in [7, 11) is 0. The number of carboxylic acids is 1. The van der Waals surface area contributed by atoms with Crippen LogP contribution in [0, 0.1) is 5.92 Å². The molecule has 0 spiro atoms. The topological polar surface area (TPSA) is 78.4 Å². The average Bonchev–Trinajstić information content (AvgIpc) is 2.32. The van der Waals surface area contributed by atoms with Gasteiger partial charge in [-0.25, -0.2) is 4.79 Å². The predicted octanol–water partition coefficient (Wildman–Crippen LogP) is 2.76. The van der Waals surface area contributed by atoms with Crippen molar-refractivity contribution in [1.29, 1.82) is 0 Å². The lowest BCUT2D eigenvalue weighted by molar-refractivity contribution is -0.137. The number of carbonyl (C=O) groups excluding carboxylic acids is 1. The van der Waals surface area contributed by atoms with Gasteiger partial charge in [0, 0.05) is 18.5 Å². The second kappa shape index (κ2) is 8.77. The fraction of sp³-hybridized carbons (Fsp3) is 0.857. The Hall–Kier alpha value is -1.26. The summed E-state index contributed by atoms with van der Waals surface area (Å²) in [5, 5.41) is 14.4. The van der Waals surface area contributed by atoms with Crippen molar-refractivity contribution in [1.82, 2.24) is 10.6 Å². The van der Waals surface area contributed by atoms with Crippen LogP contribution >= 0.6 is 0 Å². The van der Waals surface area contributed by atoms with Gasteiger partial charge in [-0.05, 0) is 39.0 Å². The summed E-state index contributed by atoms with van der Waals surface area (Å²) in [5.41, 5.74) is -0.197. The van der Waals surface area contributed by atoms with E-state index in [9.17, 15) is 9.59 Å². The molecule has 0 aromatic carbocycles. The molecule has 0 fully saturated rings. The van der Waals surface area contributed by atoms with Gasteiger partial charge in [0.2, 0.25) is 0 Å². The number of rotatable bonds is 9. The Morgan fingerprint density at radius 2 is 1.84 bits per heavy atom. The van der Waals surface area contributed by atoms with Gasteiger partial charge >= 0.3 is 12.0 Å². The number of urea groups is 1. The van der Waals surface area contributed by atoms with Crippen LogP contribution in [0.15, 0.2) is 0 Å². The Bertz CT molecular complexity index is 290. The van der Waals surface area contributed by atoms with Gasteiger partial charge in [-0.3, -0.25) is 4.79 Å². The summed E-state index contributed by atoms with van der Waals surface area (Å²) in [6.45, 7) is 8.62. The minimum atomic E-state index is -0.756. The highest BCUT2D eigenvalue weighted by Gasteiger charge is 2.17. The normalized spacial score (nSPS) is 12.8. The van der Waals surface area contributed by atoms with Gasteiger partial charge in [-0.1, -0.05) is 20.3 Å². The molecule has 0 aromatic heterocycles. The molecular formula is C14H28N2O3. The Morgan fingerprint density at radius 3 is 2.32 bits per heavy atom. The monoisotopic (exact) mass is 272 g/mol. The molecule has 0 saturated carbocycles. The van der Waals surface area contributed by atoms with Crippen molar-refractivity contribution in [3.05, 3.63) is 0 Å². The number of amides is 2. The van der Waals surface area contributed by atoms with E-state index >= 15 is 0 Å². The number of carboxylic acid groups (broad SMARTS) is 1. The molecule has 0 aliphatic heterocycles. The van der Waals surface area contributed by atoms with Crippen LogP contribution in [0.3, 0.4) is 0 Å². The SMILES string of the molecule is CCC(CCNC(=O)NC(C)(C)CC)CCC(=O)O. The summed E-state index contributed by atoms with van der Waals surface area (Å²) in [5.74, 6) is -0.399. The second-order valence-electron chi connectivity index (χ2n) is 5.61. The molecule has 1 unspecified atom stereocenters. The van der Waals surface area contributed by atoms with Gasteiger partial charge in [-0.15, -0.1) is 0 Å². The predicted molar refractivity (Wildman–Crippen MR) is 76.2 cm³/mol. The molecular weight excluding hydrogens is 244 g/mol. The van der Waals surface area contributed by atoms with Crippen LogP contribution in [-0.4, -0.2) is 29.2 Å². The van der Waals surface area contributed by atoms with Crippen LogP contribution in [0.1, 0.15) is 59.8 Å². The maximum absolute atomic E-state index is 11.6. The maximum atomic E-state index is 11.6. The molecule has 0 saturated heterocycles. The van der Waals surface area contributed by atoms with E-state index in [1.165, 1.54) is 0 Å². The summed E-state index contributed by atoms with van der Waals surface area (Å²) in [6, 6.07) is -0.153. The third kappa shape index (κ3) is 9.33. The van der Waals surface area contributed by atoms with Crippen molar-refractivity contribution >= 4 is 12.0 Å². The lowest BCUT2D eigenvalue weighted by atomic mass is 9.97. The standard InChI is InChI=1S/C14H28N2O3/c1-5-11(7-8-12(17)18)9-10-15-13(19)16-14(3,4)6-2/h11H,5-10H2,1-4H3,(H,17,18)(H2,15,16,19). The zero-order valence-electron chi connectivity index (χ0n) is 12.6. The zero-order chi connectivity index (χ0) is 14.9. The largest absolute Gasteiger partial charge is 0.481 e. The molecule has 3 N–H and O–H groups in total. The molecule has 0 aliphatic rings. The van der Waals surface area contributed by atoms with Gasteiger partial charge in [-0.2, -0.15) is 0 Å². The first-order chi connectivity index (χ1) is 8.80. The van der Waals surface area contributed by atoms with Crippen LogP contribution in [0.5, 0.6) is 0 Å². The van der Waals surface area contributed by atoms with Crippen LogP contribution in [0.4, 0.5) is 4.79 Å². The molecule has 0 radical (unpaired) electrons. The number of hydrogen-bond donors (Lipinski definition) is 3. The first-order valence-electron chi connectivity index (χ1n) is 7.08. The fourth-order valence-corrected chi connectivity index (χ4v) is 1.71. The minimum Gasteiger partial charge on any atom is -0.481 e. The number of aliphatic carboxylic acids is 1. The first kappa shape index (κ1) is 17.7. The Kier molecular flexibility index (Phi) is 8.19. The molecule has 0 aliphatic carbocycles. The molecule has 19 heavy (non-hydrogen) atoms. The summed E-state index contributed by atoms with van der Waals surface area (Å²) >= 11 is 0. The highest BCUT2D eigenvalue weighted by Crippen LogP contribution is 2.14. The van der Waals surface area contributed by atoms with E-state index in [2.05, 4.69) is 10.6 Å². The first-order valence-corrected chi connectivity index (χ1v) is 7.08. The molecule has 2 amide bonds. The van der Waals surface area contributed by atoms with E-state index in [-0.39, 0.29) is 18.0 Å². The van der Waals surface area contributed by atoms with Gasteiger partial charge in [0.15, 0.2) is 0 Å². The highest BCUT2D eigenvalue weighted by molar-refractivity contribution is 5.74. The zero-order valence-corrected chi connectivity index (χ0v) is 12.6. The summed E-state index contributed by atoms with van der Waals surface area (Å²) < 4.78 is 0. The van der Waals surface area contributed by atoms with E-state index in [1.54, 1.807) is 0 Å². The molecule has 0 heterocycles. The third-order valence-corrected chi connectivity index (χ3v) is 3.52. The Balaban J connectivity index is 3.87. The molecule has 0 rings (SSSR count). The lowest BCUT2D eigenvalue weighted by Gasteiger charge is -2.24. The molecule has 5 heteroatoms. The third-order valence-electron chi connectivity index (χ3n) is 3.52. The van der Waals surface area contributed by atoms with E-state index in [1.807, 2.05) is 27.7 Å².